The third kappa shape index (κ3) is 11.6. The van der Waals surface area contributed by atoms with E-state index in [0.29, 0.717) is 0 Å². The zero-order valence-corrected chi connectivity index (χ0v) is 11.7. The number of carbonyl (C=O) groups excluding carboxylic acids is 1. The largest absolute Gasteiger partial charge is 1.00 e. The minimum atomic E-state index is -2.04. The Kier molecular flexibility index (Phi) is 16.2. The Hall–Kier alpha value is 1.58. The van der Waals surface area contributed by atoms with Crippen molar-refractivity contribution in [3.63, 3.8) is 0 Å². The van der Waals surface area contributed by atoms with Crippen molar-refractivity contribution in [3.05, 3.63) is 0 Å². The number of carboxylic acid groups (broad SMARTS) is 1. The van der Waals surface area contributed by atoms with Crippen LogP contribution >= 0.6 is 0 Å². The van der Waals surface area contributed by atoms with Crippen LogP contribution in [-0.2, 0) is 15.9 Å². The molecule has 0 aliphatic carbocycles. The van der Waals surface area contributed by atoms with Crippen molar-refractivity contribution in [2.45, 2.75) is 6.92 Å². The van der Waals surface area contributed by atoms with Crippen LogP contribution < -0.4 is 64.2 Å². The third-order valence-corrected chi connectivity index (χ3v) is 1.58. The topological polar surface area (TPSA) is 77.4 Å². The number of carboxylic acids is 1. The van der Waals surface area contributed by atoms with E-state index < -0.39 is 23.0 Å². The Labute approximate surface area is 112 Å². The van der Waals surface area contributed by atoms with Gasteiger partial charge in [0.2, 0.25) is 0 Å². The standard InChI is InChI=1S/C4H8O4S.2Na/c1-3(4(5)6)2-9(7)8;;/h3H,2H2,1H3,(H,5,6)(H,7,8);;/q;2*+1/p-1. The third-order valence-electron chi connectivity index (χ3n) is 0.795. The van der Waals surface area contributed by atoms with Gasteiger partial charge in [-0.15, -0.1) is 0 Å². The fourth-order valence-corrected chi connectivity index (χ4v) is 0.846. The van der Waals surface area contributed by atoms with Crippen molar-refractivity contribution in [2.24, 2.45) is 5.92 Å². The van der Waals surface area contributed by atoms with Gasteiger partial charge in [-0.25, -0.2) is 4.21 Å². The van der Waals surface area contributed by atoms with E-state index in [0.717, 1.165) is 0 Å². The quantitative estimate of drug-likeness (QED) is 0.360. The molecule has 0 radical (unpaired) electrons. The molecule has 0 aromatic carbocycles. The normalized spacial score (nSPS) is 13.6. The summed E-state index contributed by atoms with van der Waals surface area (Å²) < 4.78 is 18.1. The maximum absolute atomic E-state index is 9.93. The van der Waals surface area contributed by atoms with Crippen LogP contribution in [0.15, 0.2) is 0 Å². The predicted octanol–water partition coefficient (Wildman–Crippen LogP) is -7.40. The fourth-order valence-electron chi connectivity index (χ4n) is 0.282. The summed E-state index contributed by atoms with van der Waals surface area (Å²) in [4.78, 5) is 9.88. The molecule has 1 N–H and O–H groups in total. The first-order valence-electron chi connectivity index (χ1n) is 2.32. The number of rotatable bonds is 3. The summed E-state index contributed by atoms with van der Waals surface area (Å²) in [6.07, 6.45) is 0. The second kappa shape index (κ2) is 9.67. The summed E-state index contributed by atoms with van der Waals surface area (Å²) in [7, 11) is 0. The van der Waals surface area contributed by atoms with Gasteiger partial charge in [0.05, 0.1) is 5.75 Å². The van der Waals surface area contributed by atoms with E-state index >= 15 is 0 Å². The maximum Gasteiger partial charge on any atom is 1.00 e. The van der Waals surface area contributed by atoms with Gasteiger partial charge in [0, 0.05) is 11.9 Å². The van der Waals surface area contributed by atoms with Gasteiger partial charge in [-0.1, -0.05) is 6.92 Å². The summed E-state index contributed by atoms with van der Waals surface area (Å²) in [5, 5.41) is 9.88. The molecule has 11 heavy (non-hydrogen) atoms. The Morgan fingerprint density at radius 1 is 1.64 bits per heavy atom. The Morgan fingerprint density at radius 2 is 2.00 bits per heavy atom. The van der Waals surface area contributed by atoms with Crippen LogP contribution in [0.25, 0.3) is 0 Å². The molecule has 0 aromatic heterocycles. The van der Waals surface area contributed by atoms with E-state index in [2.05, 4.69) is 0 Å². The van der Waals surface area contributed by atoms with Gasteiger partial charge in [0.15, 0.2) is 11.1 Å². The molecule has 0 aliphatic heterocycles. The molecule has 0 bridgehead atoms. The van der Waals surface area contributed by atoms with E-state index in [-0.39, 0.29) is 64.9 Å². The molecule has 0 aromatic rings. The van der Waals surface area contributed by atoms with Gasteiger partial charge < -0.3 is 14.5 Å². The average molecular weight is 197 g/mol. The molecule has 0 fully saturated rings. The molecule has 2 atom stereocenters. The van der Waals surface area contributed by atoms with Crippen LogP contribution in [0.3, 0.4) is 0 Å². The molecule has 0 spiro atoms. The minimum absolute atomic E-state index is 0. The van der Waals surface area contributed by atoms with Crippen LogP contribution in [0.2, 0.25) is 0 Å². The van der Waals surface area contributed by atoms with Gasteiger partial charge in [-0.05, 0) is 0 Å². The summed E-state index contributed by atoms with van der Waals surface area (Å²) in [5.74, 6) is -2.41. The van der Waals surface area contributed by atoms with Crippen molar-refractivity contribution in [2.75, 3.05) is 5.75 Å². The number of carbonyl (C=O) groups is 1. The number of hydrogen-bond donors (Lipinski definition) is 1. The van der Waals surface area contributed by atoms with Crippen molar-refractivity contribution >= 4 is 17.0 Å². The zero-order valence-electron chi connectivity index (χ0n) is 6.86. The molecule has 54 valence electrons. The van der Waals surface area contributed by atoms with Crippen LogP contribution in [0.1, 0.15) is 6.92 Å². The van der Waals surface area contributed by atoms with E-state index in [1.165, 1.54) is 6.92 Å². The second-order valence-corrected chi connectivity index (χ2v) is 2.68. The summed E-state index contributed by atoms with van der Waals surface area (Å²) >= 11 is -2.04. The van der Waals surface area contributed by atoms with Crippen LogP contribution in [0, 0.1) is 5.92 Å². The van der Waals surface area contributed by atoms with Crippen LogP contribution in [-0.4, -0.2) is 20.5 Å². The molecule has 4 nitrogen and oxygen atoms in total. The maximum atomic E-state index is 9.93. The summed E-state index contributed by atoms with van der Waals surface area (Å²) in [6.45, 7) is 1.32. The zero-order chi connectivity index (χ0) is 7.44. The number of aliphatic carboxylic acids is 1. The van der Waals surface area contributed by atoms with E-state index in [4.69, 9.17) is 4.55 Å². The van der Waals surface area contributed by atoms with Gasteiger partial charge >= 0.3 is 59.1 Å². The van der Waals surface area contributed by atoms with E-state index in [1.54, 1.807) is 0 Å². The first-order valence-corrected chi connectivity index (χ1v) is 3.60. The van der Waals surface area contributed by atoms with E-state index in [9.17, 15) is 14.1 Å². The Balaban J connectivity index is -0.000000320. The van der Waals surface area contributed by atoms with Crippen LogP contribution in [0.5, 0.6) is 0 Å². The smallest absolute Gasteiger partial charge is 0.550 e. The Bertz CT molecular complexity index is 140. The monoisotopic (exact) mass is 197 g/mol. The molecular weight excluding hydrogens is 190 g/mol. The average Bonchev–Trinajstić information content (AvgIpc) is 1.63. The molecular formula is C4H7Na2O4S+. The van der Waals surface area contributed by atoms with E-state index in [1.807, 2.05) is 0 Å². The predicted molar refractivity (Wildman–Crippen MR) is 29.8 cm³/mol. The molecule has 0 saturated carbocycles. The summed E-state index contributed by atoms with van der Waals surface area (Å²) in [6, 6.07) is 0. The first-order chi connectivity index (χ1) is 4.04. The molecule has 0 aliphatic rings. The van der Waals surface area contributed by atoms with Crippen molar-refractivity contribution in [1.29, 1.82) is 0 Å². The fraction of sp³-hybridized carbons (Fsp3) is 0.750. The van der Waals surface area contributed by atoms with Crippen LogP contribution in [0.4, 0.5) is 0 Å². The number of hydrogen-bond acceptors (Lipinski definition) is 3. The summed E-state index contributed by atoms with van der Waals surface area (Å²) in [5.41, 5.74) is 0. The van der Waals surface area contributed by atoms with Gasteiger partial charge in [-0.2, -0.15) is 0 Å². The van der Waals surface area contributed by atoms with Crippen molar-refractivity contribution in [1.82, 2.24) is 0 Å². The van der Waals surface area contributed by atoms with Gasteiger partial charge in [0.1, 0.15) is 0 Å². The SMILES string of the molecule is CC(CS(=O)O)C(=O)[O-].[Na+].[Na+]. The second-order valence-electron chi connectivity index (χ2n) is 1.71. The molecule has 7 heteroatoms. The van der Waals surface area contributed by atoms with Crippen molar-refractivity contribution in [3.8, 4) is 0 Å². The molecule has 0 amide bonds. The van der Waals surface area contributed by atoms with Crippen molar-refractivity contribution < 1.29 is 77.8 Å². The van der Waals surface area contributed by atoms with Gasteiger partial charge in [-0.3, -0.25) is 0 Å². The Morgan fingerprint density at radius 3 is 2.09 bits per heavy atom. The molecule has 2 unspecified atom stereocenters. The molecule has 0 rings (SSSR count). The van der Waals surface area contributed by atoms with Gasteiger partial charge in [0.25, 0.3) is 0 Å². The molecule has 0 saturated heterocycles. The minimum Gasteiger partial charge on any atom is -0.550 e. The first kappa shape index (κ1) is 18.4. The molecule has 0 heterocycles.